The van der Waals surface area contributed by atoms with Gasteiger partial charge >= 0.3 is 5.97 Å². The zero-order chi connectivity index (χ0) is 24.2. The molecule has 0 radical (unpaired) electrons. The Morgan fingerprint density at radius 2 is 1.41 bits per heavy atom. The molecule has 0 aliphatic heterocycles. The number of aromatic carboxylic acids is 1. The summed E-state index contributed by atoms with van der Waals surface area (Å²) >= 11 is -2.51. The summed E-state index contributed by atoms with van der Waals surface area (Å²) in [5.41, 5.74) is 4.40. The van der Waals surface area contributed by atoms with Gasteiger partial charge < -0.3 is 14.6 Å². The molecule has 4 aromatic carbocycles. The highest BCUT2D eigenvalue weighted by molar-refractivity contribution is 7.81. The van der Waals surface area contributed by atoms with Crippen LogP contribution >= 0.6 is 0 Å². The fourth-order valence-electron chi connectivity index (χ4n) is 4.10. The molecule has 0 saturated heterocycles. The SMILES string of the molecule is CN(C)c1cccc2c(N(c3ccc(CCc4cccc(C(=O)O)c4)cc3)S(=O)[O-])cccc12. The van der Waals surface area contributed by atoms with Crippen LogP contribution in [0.25, 0.3) is 10.8 Å². The molecular weight excluding hydrogens is 448 g/mol. The third-order valence-corrected chi connectivity index (χ3v) is 6.48. The summed E-state index contributed by atoms with van der Waals surface area (Å²) in [6, 6.07) is 25.8. The predicted molar refractivity (Wildman–Crippen MR) is 137 cm³/mol. The highest BCUT2D eigenvalue weighted by Gasteiger charge is 2.15. The summed E-state index contributed by atoms with van der Waals surface area (Å²) in [6.45, 7) is 0. The molecule has 0 spiro atoms. The maximum Gasteiger partial charge on any atom is 0.335 e. The minimum atomic E-state index is -2.51. The van der Waals surface area contributed by atoms with Crippen molar-refractivity contribution < 1.29 is 18.7 Å². The topological polar surface area (TPSA) is 83.9 Å². The molecule has 4 rings (SSSR count). The van der Waals surface area contributed by atoms with Crippen molar-refractivity contribution in [1.82, 2.24) is 0 Å². The third kappa shape index (κ3) is 4.95. The fraction of sp³-hybridized carbons (Fsp3) is 0.148. The summed E-state index contributed by atoms with van der Waals surface area (Å²) in [5.74, 6) is -0.942. The first-order chi connectivity index (χ1) is 16.3. The van der Waals surface area contributed by atoms with E-state index in [-0.39, 0.29) is 5.56 Å². The second-order valence-corrected chi connectivity index (χ2v) is 9.03. The molecule has 0 fully saturated rings. The van der Waals surface area contributed by atoms with Crippen molar-refractivity contribution in [2.24, 2.45) is 0 Å². The average Bonchev–Trinajstić information content (AvgIpc) is 2.83. The van der Waals surface area contributed by atoms with Crippen LogP contribution in [0.1, 0.15) is 21.5 Å². The second-order valence-electron chi connectivity index (χ2n) is 8.23. The first kappa shape index (κ1) is 23.5. The van der Waals surface area contributed by atoms with Crippen LogP contribution in [0.3, 0.4) is 0 Å². The van der Waals surface area contributed by atoms with Crippen LogP contribution in [0.2, 0.25) is 0 Å². The van der Waals surface area contributed by atoms with Crippen molar-refractivity contribution in [3.63, 3.8) is 0 Å². The molecule has 0 aliphatic carbocycles. The van der Waals surface area contributed by atoms with Gasteiger partial charge in [-0.05, 0) is 60.4 Å². The Balaban J connectivity index is 1.61. The molecule has 0 aromatic heterocycles. The van der Waals surface area contributed by atoms with E-state index < -0.39 is 17.2 Å². The summed E-state index contributed by atoms with van der Waals surface area (Å²) in [7, 11) is 3.92. The van der Waals surface area contributed by atoms with Crippen LogP contribution in [-0.2, 0) is 24.1 Å². The van der Waals surface area contributed by atoms with Gasteiger partial charge in [-0.1, -0.05) is 48.5 Å². The van der Waals surface area contributed by atoms with Gasteiger partial charge in [0, 0.05) is 30.6 Å². The molecule has 174 valence electrons. The van der Waals surface area contributed by atoms with Gasteiger partial charge in [-0.2, -0.15) is 0 Å². The Labute approximate surface area is 201 Å². The van der Waals surface area contributed by atoms with Gasteiger partial charge in [-0.25, -0.2) is 4.79 Å². The first-order valence-electron chi connectivity index (χ1n) is 10.8. The molecule has 1 unspecified atom stereocenters. The molecule has 1 N–H and O–H groups in total. The Morgan fingerprint density at radius 3 is 2.03 bits per heavy atom. The second kappa shape index (κ2) is 10.1. The molecule has 4 aromatic rings. The van der Waals surface area contributed by atoms with E-state index in [0.717, 1.165) is 27.6 Å². The maximum atomic E-state index is 12.3. The van der Waals surface area contributed by atoms with Gasteiger partial charge in [-0.3, -0.25) is 8.51 Å². The molecule has 6 nitrogen and oxygen atoms in total. The molecule has 34 heavy (non-hydrogen) atoms. The van der Waals surface area contributed by atoms with Crippen LogP contribution in [0.4, 0.5) is 17.1 Å². The normalized spacial score (nSPS) is 11.9. The predicted octanol–water partition coefficient (Wildman–Crippen LogP) is 5.32. The minimum absolute atomic E-state index is 0.272. The summed E-state index contributed by atoms with van der Waals surface area (Å²) in [4.78, 5) is 13.2. The van der Waals surface area contributed by atoms with Gasteiger partial charge in [-0.15, -0.1) is 0 Å². The zero-order valence-electron chi connectivity index (χ0n) is 19.0. The van der Waals surface area contributed by atoms with E-state index in [1.165, 1.54) is 4.31 Å². The lowest BCUT2D eigenvalue weighted by molar-refractivity contribution is 0.0696. The van der Waals surface area contributed by atoms with Crippen LogP contribution in [0.15, 0.2) is 84.9 Å². The number of carboxylic acids is 1. The average molecular weight is 474 g/mol. The largest absolute Gasteiger partial charge is 0.755 e. The Kier molecular flexibility index (Phi) is 6.95. The van der Waals surface area contributed by atoms with Gasteiger partial charge in [0.1, 0.15) is 0 Å². The number of carboxylic acid groups (broad SMARTS) is 1. The fourth-order valence-corrected chi connectivity index (χ4v) is 4.71. The quantitative estimate of drug-likeness (QED) is 0.350. The number of hydrogen-bond donors (Lipinski definition) is 1. The molecule has 0 amide bonds. The summed E-state index contributed by atoms with van der Waals surface area (Å²) in [5, 5.41) is 11.0. The van der Waals surface area contributed by atoms with E-state index in [1.54, 1.807) is 36.4 Å². The lowest BCUT2D eigenvalue weighted by Crippen LogP contribution is -2.20. The van der Waals surface area contributed by atoms with Crippen LogP contribution in [0, 0.1) is 0 Å². The highest BCUT2D eigenvalue weighted by Crippen LogP contribution is 2.36. The van der Waals surface area contributed by atoms with E-state index in [0.29, 0.717) is 24.2 Å². The van der Waals surface area contributed by atoms with Crippen molar-refractivity contribution in [1.29, 1.82) is 0 Å². The standard InChI is InChI=1S/C27H26N2O4S/c1-28(2)25-10-4-9-24-23(25)8-5-11-26(24)29(34(32)33)22-16-14-19(15-17-22)12-13-20-6-3-7-21(18-20)27(30)31/h3-11,14-18H,12-13H2,1-2H3,(H,30,31)(H,32,33)/p-1. The maximum absolute atomic E-state index is 12.3. The highest BCUT2D eigenvalue weighted by atomic mass is 32.2. The van der Waals surface area contributed by atoms with Gasteiger partial charge in [0.2, 0.25) is 0 Å². The number of anilines is 3. The Morgan fingerprint density at radius 1 is 0.824 bits per heavy atom. The third-order valence-electron chi connectivity index (χ3n) is 5.77. The number of fused-ring (bicyclic) bond motifs is 1. The molecular formula is C27H25N2O4S-. The number of carbonyl (C=O) groups is 1. The lowest BCUT2D eigenvalue weighted by Gasteiger charge is -2.28. The molecule has 0 bridgehead atoms. The molecule has 7 heteroatoms. The van der Waals surface area contributed by atoms with Crippen LogP contribution in [0.5, 0.6) is 0 Å². The van der Waals surface area contributed by atoms with E-state index in [2.05, 4.69) is 0 Å². The number of nitrogens with zero attached hydrogens (tertiary/aromatic N) is 2. The van der Waals surface area contributed by atoms with E-state index in [4.69, 9.17) is 5.11 Å². The lowest BCUT2D eigenvalue weighted by atomic mass is 10.0. The zero-order valence-corrected chi connectivity index (χ0v) is 19.8. The van der Waals surface area contributed by atoms with Crippen molar-refractivity contribution in [3.8, 4) is 0 Å². The van der Waals surface area contributed by atoms with E-state index in [1.807, 2.05) is 67.5 Å². The van der Waals surface area contributed by atoms with Crippen molar-refractivity contribution >= 4 is 45.1 Å². The van der Waals surface area contributed by atoms with E-state index in [9.17, 15) is 13.6 Å². The van der Waals surface area contributed by atoms with Crippen molar-refractivity contribution in [2.45, 2.75) is 12.8 Å². The molecule has 0 aliphatic rings. The smallest absolute Gasteiger partial charge is 0.335 e. The molecule has 0 heterocycles. The van der Waals surface area contributed by atoms with Gasteiger partial charge in [0.15, 0.2) is 0 Å². The summed E-state index contributed by atoms with van der Waals surface area (Å²) < 4.78 is 25.9. The first-order valence-corrected chi connectivity index (χ1v) is 11.9. The molecule has 1 atom stereocenters. The summed E-state index contributed by atoms with van der Waals surface area (Å²) in [6.07, 6.45) is 1.40. The van der Waals surface area contributed by atoms with Gasteiger partial charge in [0.05, 0.1) is 28.2 Å². The van der Waals surface area contributed by atoms with E-state index >= 15 is 0 Å². The van der Waals surface area contributed by atoms with Crippen molar-refractivity contribution in [2.75, 3.05) is 23.3 Å². The Bertz CT molecular complexity index is 1350. The number of benzene rings is 4. The minimum Gasteiger partial charge on any atom is -0.755 e. The monoisotopic (exact) mass is 473 g/mol. The number of hydrogen-bond acceptors (Lipinski definition) is 4. The Hall–Kier alpha value is -3.68. The van der Waals surface area contributed by atoms with Crippen LogP contribution in [-0.4, -0.2) is 33.9 Å². The van der Waals surface area contributed by atoms with Gasteiger partial charge in [0.25, 0.3) is 0 Å². The number of rotatable bonds is 8. The van der Waals surface area contributed by atoms with Crippen molar-refractivity contribution in [3.05, 3.63) is 102 Å². The molecule has 0 saturated carbocycles. The number of aryl methyl sites for hydroxylation is 2. The van der Waals surface area contributed by atoms with Crippen LogP contribution < -0.4 is 9.21 Å².